The van der Waals surface area contributed by atoms with Gasteiger partial charge in [0.05, 0.1) is 24.6 Å². The van der Waals surface area contributed by atoms with E-state index in [1.165, 1.54) is 0 Å². The van der Waals surface area contributed by atoms with Crippen molar-refractivity contribution in [1.29, 1.82) is 0 Å². The van der Waals surface area contributed by atoms with Crippen LogP contribution in [0.25, 0.3) is 0 Å². The molecule has 0 bridgehead atoms. The predicted molar refractivity (Wildman–Crippen MR) is 113 cm³/mol. The van der Waals surface area contributed by atoms with Gasteiger partial charge in [-0.05, 0) is 38.1 Å². The molecule has 2 aliphatic rings. The molecule has 6 nitrogen and oxygen atoms in total. The van der Waals surface area contributed by atoms with Gasteiger partial charge in [-0.3, -0.25) is 4.79 Å². The van der Waals surface area contributed by atoms with E-state index in [1.54, 1.807) is 6.07 Å². The van der Waals surface area contributed by atoms with Gasteiger partial charge in [0.15, 0.2) is 18.1 Å². The highest BCUT2D eigenvalue weighted by Crippen LogP contribution is 2.41. The smallest absolute Gasteiger partial charge is 0.262 e. The topological polar surface area (TPSA) is 60.0 Å². The summed E-state index contributed by atoms with van der Waals surface area (Å²) in [5.41, 5.74) is 2.43. The predicted octanol–water partition coefficient (Wildman–Crippen LogP) is 3.91. The summed E-state index contributed by atoms with van der Waals surface area (Å²) >= 11 is 6.16. The van der Waals surface area contributed by atoms with Gasteiger partial charge in [0.25, 0.3) is 5.91 Å². The van der Waals surface area contributed by atoms with Gasteiger partial charge in [0.1, 0.15) is 5.60 Å². The Hall–Kier alpha value is -2.44. The van der Waals surface area contributed by atoms with Gasteiger partial charge >= 0.3 is 0 Å². The number of benzene rings is 2. The number of nitrogens with one attached hydrogen (secondary N) is 1. The highest BCUT2D eigenvalue weighted by Gasteiger charge is 2.32. The number of carbonyl (C=O) groups is 1. The first-order valence-electron chi connectivity index (χ1n) is 9.77. The van der Waals surface area contributed by atoms with Crippen LogP contribution in [0.1, 0.15) is 19.4 Å². The Balaban J connectivity index is 1.44. The van der Waals surface area contributed by atoms with Crippen LogP contribution in [-0.2, 0) is 16.0 Å². The number of carbonyl (C=O) groups excluding carboxylic acids is 1. The van der Waals surface area contributed by atoms with E-state index in [4.69, 9.17) is 25.8 Å². The van der Waals surface area contributed by atoms with E-state index in [9.17, 15) is 4.79 Å². The number of anilines is 2. The van der Waals surface area contributed by atoms with Crippen molar-refractivity contribution in [3.63, 3.8) is 0 Å². The second kappa shape index (κ2) is 8.13. The number of morpholine rings is 1. The summed E-state index contributed by atoms with van der Waals surface area (Å²) in [6.07, 6.45) is 0.817. The highest BCUT2D eigenvalue weighted by molar-refractivity contribution is 6.31. The normalized spacial score (nSPS) is 17.4. The fraction of sp³-hybridized carbons (Fsp3) is 0.409. The minimum absolute atomic E-state index is 0.116. The van der Waals surface area contributed by atoms with Crippen LogP contribution in [0.4, 0.5) is 11.4 Å². The van der Waals surface area contributed by atoms with Crippen molar-refractivity contribution in [3.8, 4) is 11.5 Å². The van der Waals surface area contributed by atoms with Crippen molar-refractivity contribution in [2.45, 2.75) is 25.9 Å². The van der Waals surface area contributed by atoms with E-state index in [-0.39, 0.29) is 18.1 Å². The van der Waals surface area contributed by atoms with Crippen molar-refractivity contribution in [2.24, 2.45) is 0 Å². The van der Waals surface area contributed by atoms with Gasteiger partial charge in [-0.25, -0.2) is 0 Å². The van der Waals surface area contributed by atoms with Crippen molar-refractivity contribution >= 4 is 28.9 Å². The third kappa shape index (κ3) is 4.60. The Labute approximate surface area is 175 Å². The number of hydrogen-bond donors (Lipinski definition) is 1. The Morgan fingerprint density at radius 3 is 2.83 bits per heavy atom. The molecule has 2 aliphatic heterocycles. The maximum atomic E-state index is 12.6. The summed E-state index contributed by atoms with van der Waals surface area (Å²) in [4.78, 5) is 14.8. The summed E-state index contributed by atoms with van der Waals surface area (Å²) in [5, 5.41) is 3.50. The molecule has 7 heteroatoms. The molecule has 0 spiro atoms. The number of ether oxygens (including phenoxy) is 3. The molecule has 154 valence electrons. The second-order valence-corrected chi connectivity index (χ2v) is 8.32. The molecule has 29 heavy (non-hydrogen) atoms. The van der Waals surface area contributed by atoms with Crippen molar-refractivity contribution in [3.05, 3.63) is 47.0 Å². The van der Waals surface area contributed by atoms with Gasteiger partial charge < -0.3 is 24.4 Å². The van der Waals surface area contributed by atoms with Crippen molar-refractivity contribution in [2.75, 3.05) is 43.1 Å². The molecule has 0 aliphatic carbocycles. The number of amides is 1. The van der Waals surface area contributed by atoms with E-state index in [0.29, 0.717) is 29.7 Å². The maximum absolute atomic E-state index is 12.6. The Bertz CT molecular complexity index is 910. The number of para-hydroxylation sites is 1. The summed E-state index contributed by atoms with van der Waals surface area (Å²) < 4.78 is 17.2. The second-order valence-electron chi connectivity index (χ2n) is 7.88. The van der Waals surface area contributed by atoms with E-state index < -0.39 is 0 Å². The number of hydrogen-bond acceptors (Lipinski definition) is 5. The molecule has 2 aromatic rings. The average molecular weight is 417 g/mol. The zero-order chi connectivity index (χ0) is 20.4. The van der Waals surface area contributed by atoms with Crippen LogP contribution < -0.4 is 19.7 Å². The third-order valence-electron chi connectivity index (χ3n) is 5.00. The zero-order valence-corrected chi connectivity index (χ0v) is 17.4. The molecule has 1 amide bonds. The monoisotopic (exact) mass is 416 g/mol. The van der Waals surface area contributed by atoms with Crippen LogP contribution in [0.3, 0.4) is 0 Å². The quantitative estimate of drug-likeness (QED) is 0.800. The standard InChI is InChI=1S/C22H25ClN2O4/c1-22(2)13-15-4-3-5-19(21(15)29-22)28-14-20(26)24-17-12-16(23)6-7-18(17)25-8-10-27-11-9-25/h3-7,12H,8-11,13-14H2,1-2H3,(H,24,26). The van der Waals surface area contributed by atoms with Gasteiger partial charge in [0, 0.05) is 30.1 Å². The SMILES string of the molecule is CC1(C)Cc2cccc(OCC(=O)Nc3cc(Cl)ccc3N3CCOCC3)c2O1. The minimum Gasteiger partial charge on any atom is -0.483 e. The van der Waals surface area contributed by atoms with Crippen LogP contribution in [0, 0.1) is 0 Å². The van der Waals surface area contributed by atoms with Gasteiger partial charge in [-0.1, -0.05) is 23.7 Å². The molecule has 0 atom stereocenters. The van der Waals surface area contributed by atoms with E-state index in [1.807, 2.05) is 44.2 Å². The fourth-order valence-electron chi connectivity index (χ4n) is 3.72. The van der Waals surface area contributed by atoms with E-state index in [2.05, 4.69) is 10.2 Å². The number of rotatable bonds is 5. The van der Waals surface area contributed by atoms with Crippen LogP contribution >= 0.6 is 11.6 Å². The number of halogens is 1. The lowest BCUT2D eigenvalue weighted by atomic mass is 10.0. The molecule has 2 heterocycles. The van der Waals surface area contributed by atoms with E-state index >= 15 is 0 Å². The van der Waals surface area contributed by atoms with Crippen LogP contribution in [0.5, 0.6) is 11.5 Å². The fourth-order valence-corrected chi connectivity index (χ4v) is 3.89. The molecule has 2 aromatic carbocycles. The lowest BCUT2D eigenvalue weighted by Gasteiger charge is -2.30. The van der Waals surface area contributed by atoms with E-state index in [0.717, 1.165) is 36.5 Å². The molecule has 4 rings (SSSR count). The molecule has 0 unspecified atom stereocenters. The summed E-state index contributed by atoms with van der Waals surface area (Å²) in [5.74, 6) is 1.06. The maximum Gasteiger partial charge on any atom is 0.262 e. The molecule has 0 saturated carbocycles. The Morgan fingerprint density at radius 1 is 1.24 bits per heavy atom. The first-order valence-corrected chi connectivity index (χ1v) is 10.1. The largest absolute Gasteiger partial charge is 0.483 e. The molecule has 0 aromatic heterocycles. The summed E-state index contributed by atoms with van der Waals surface area (Å²) in [6, 6.07) is 11.3. The lowest BCUT2D eigenvalue weighted by Crippen LogP contribution is -2.37. The Morgan fingerprint density at radius 2 is 2.03 bits per heavy atom. The van der Waals surface area contributed by atoms with Crippen molar-refractivity contribution < 1.29 is 19.0 Å². The van der Waals surface area contributed by atoms with Crippen molar-refractivity contribution in [1.82, 2.24) is 0 Å². The number of fused-ring (bicyclic) bond motifs is 1. The van der Waals surface area contributed by atoms with Gasteiger partial charge in [-0.2, -0.15) is 0 Å². The minimum atomic E-state index is -0.266. The van der Waals surface area contributed by atoms with Crippen LogP contribution in [-0.4, -0.2) is 44.4 Å². The molecule has 0 radical (unpaired) electrons. The number of nitrogens with zero attached hydrogens (tertiary/aromatic N) is 1. The van der Waals surface area contributed by atoms with Gasteiger partial charge in [-0.15, -0.1) is 0 Å². The molecule has 1 fully saturated rings. The Kier molecular flexibility index (Phi) is 5.56. The van der Waals surface area contributed by atoms with Crippen LogP contribution in [0.2, 0.25) is 5.02 Å². The highest BCUT2D eigenvalue weighted by atomic mass is 35.5. The van der Waals surface area contributed by atoms with Gasteiger partial charge in [0.2, 0.25) is 0 Å². The van der Waals surface area contributed by atoms with Crippen LogP contribution in [0.15, 0.2) is 36.4 Å². The molecular formula is C22H25ClN2O4. The zero-order valence-electron chi connectivity index (χ0n) is 16.7. The molecule has 1 N–H and O–H groups in total. The summed E-state index contributed by atoms with van der Waals surface area (Å²) in [7, 11) is 0. The summed E-state index contributed by atoms with van der Waals surface area (Å²) in [6.45, 7) is 6.82. The molecular weight excluding hydrogens is 392 g/mol. The third-order valence-corrected chi connectivity index (χ3v) is 5.23. The molecule has 1 saturated heterocycles. The first kappa shape index (κ1) is 19.9. The lowest BCUT2D eigenvalue weighted by molar-refractivity contribution is -0.118. The first-order chi connectivity index (χ1) is 13.9. The average Bonchev–Trinajstić information content (AvgIpc) is 3.01.